The van der Waals surface area contributed by atoms with E-state index < -0.39 is 0 Å². The molecule has 2 amide bonds. The summed E-state index contributed by atoms with van der Waals surface area (Å²) in [6, 6.07) is 0.443. The highest BCUT2D eigenvalue weighted by molar-refractivity contribution is 5.77. The van der Waals surface area contributed by atoms with E-state index in [2.05, 4.69) is 31.0 Å². The molecule has 0 bridgehead atoms. The van der Waals surface area contributed by atoms with E-state index in [0.717, 1.165) is 37.1 Å². The van der Waals surface area contributed by atoms with Crippen molar-refractivity contribution >= 4 is 12.0 Å². The van der Waals surface area contributed by atoms with Crippen LogP contribution in [0.2, 0.25) is 0 Å². The standard InChI is InChI=1S/C23H38N2O3/c1-5-25-19-9-7-16-17-8-6-15(14-28-21(27)24-4)22(17,2)12-10-18(16)23(19,3)13-11-20(25)26/h15-19H,5-14H2,1-4H3,(H,24,27)/t15?,16-,17-,18+,19?,22+,23+/m0/s1. The van der Waals surface area contributed by atoms with Gasteiger partial charge in [0, 0.05) is 26.1 Å². The van der Waals surface area contributed by atoms with Crippen molar-refractivity contribution in [1.82, 2.24) is 10.2 Å². The van der Waals surface area contributed by atoms with Crippen molar-refractivity contribution in [3.63, 3.8) is 0 Å². The van der Waals surface area contributed by atoms with Crippen molar-refractivity contribution in [3.8, 4) is 0 Å². The zero-order valence-corrected chi connectivity index (χ0v) is 18.1. The number of carbonyl (C=O) groups excluding carboxylic acids is 2. The molecule has 0 spiro atoms. The van der Waals surface area contributed by atoms with Crippen LogP contribution in [0.15, 0.2) is 0 Å². The van der Waals surface area contributed by atoms with E-state index >= 15 is 0 Å². The van der Waals surface area contributed by atoms with E-state index in [1.165, 1.54) is 38.5 Å². The third kappa shape index (κ3) is 2.87. The fraction of sp³-hybridized carbons (Fsp3) is 0.913. The molecular formula is C23H38N2O3. The summed E-state index contributed by atoms with van der Waals surface area (Å²) in [7, 11) is 1.63. The van der Waals surface area contributed by atoms with Gasteiger partial charge in [0.25, 0.3) is 0 Å². The normalized spacial score (nSPS) is 45.1. The molecule has 4 fully saturated rings. The van der Waals surface area contributed by atoms with Crippen LogP contribution in [0.5, 0.6) is 0 Å². The van der Waals surface area contributed by atoms with Gasteiger partial charge >= 0.3 is 6.09 Å². The lowest BCUT2D eigenvalue weighted by atomic mass is 9.47. The molecule has 1 saturated heterocycles. The summed E-state index contributed by atoms with van der Waals surface area (Å²) in [5, 5.41) is 2.57. The SMILES string of the molecule is CCN1C(=O)CC[C@@]2(C)C1CC[C@@H]1[C@H]2CC[C@]2(C)C(COC(=O)NC)CC[C@@H]12. The molecule has 3 saturated carbocycles. The summed E-state index contributed by atoms with van der Waals surface area (Å²) < 4.78 is 5.48. The molecule has 3 aliphatic carbocycles. The highest BCUT2D eigenvalue weighted by Crippen LogP contribution is 2.66. The van der Waals surface area contributed by atoms with E-state index in [1.54, 1.807) is 7.05 Å². The van der Waals surface area contributed by atoms with Crippen LogP contribution >= 0.6 is 0 Å². The van der Waals surface area contributed by atoms with Crippen LogP contribution in [0.25, 0.3) is 0 Å². The lowest BCUT2D eigenvalue weighted by Crippen LogP contribution is -2.62. The van der Waals surface area contributed by atoms with Crippen molar-refractivity contribution in [2.75, 3.05) is 20.2 Å². The second kappa shape index (κ2) is 7.21. The van der Waals surface area contributed by atoms with Crippen molar-refractivity contribution in [2.24, 2.45) is 34.5 Å². The summed E-state index contributed by atoms with van der Waals surface area (Å²) >= 11 is 0. The Hall–Kier alpha value is -1.26. The monoisotopic (exact) mass is 390 g/mol. The Morgan fingerprint density at radius 2 is 1.86 bits per heavy atom. The van der Waals surface area contributed by atoms with Crippen molar-refractivity contribution < 1.29 is 14.3 Å². The fourth-order valence-corrected chi connectivity index (χ4v) is 8.02. The number of likely N-dealkylation sites (tertiary alicyclic amines) is 1. The van der Waals surface area contributed by atoms with Gasteiger partial charge in [-0.05, 0) is 86.4 Å². The minimum Gasteiger partial charge on any atom is -0.449 e. The molecule has 158 valence electrons. The molecule has 2 unspecified atom stereocenters. The maximum Gasteiger partial charge on any atom is 0.406 e. The predicted octanol–water partition coefficient (Wildman–Crippen LogP) is 4.21. The molecule has 0 radical (unpaired) electrons. The highest BCUT2D eigenvalue weighted by Gasteiger charge is 2.61. The van der Waals surface area contributed by atoms with Gasteiger partial charge in [0.15, 0.2) is 0 Å². The number of piperidine rings is 1. The number of hydrogen-bond acceptors (Lipinski definition) is 3. The molecule has 1 aliphatic heterocycles. The topological polar surface area (TPSA) is 58.6 Å². The largest absolute Gasteiger partial charge is 0.449 e. The maximum absolute atomic E-state index is 12.5. The lowest BCUT2D eigenvalue weighted by molar-refractivity contribution is -0.161. The average Bonchev–Trinajstić information content (AvgIpc) is 3.03. The summed E-state index contributed by atoms with van der Waals surface area (Å²) in [4.78, 5) is 26.3. The Morgan fingerprint density at radius 3 is 2.57 bits per heavy atom. The zero-order valence-electron chi connectivity index (χ0n) is 18.1. The minimum atomic E-state index is -0.305. The Bertz CT molecular complexity index is 637. The number of ether oxygens (including phenoxy) is 1. The van der Waals surface area contributed by atoms with Crippen LogP contribution in [0.1, 0.15) is 72.1 Å². The second-order valence-corrected chi connectivity index (χ2v) is 10.3. The summed E-state index contributed by atoms with van der Waals surface area (Å²) in [6.45, 7) is 8.52. The van der Waals surface area contributed by atoms with Gasteiger partial charge in [-0.15, -0.1) is 0 Å². The van der Waals surface area contributed by atoms with Crippen LogP contribution in [0.4, 0.5) is 4.79 Å². The van der Waals surface area contributed by atoms with E-state index in [0.29, 0.717) is 29.9 Å². The van der Waals surface area contributed by atoms with Crippen LogP contribution in [-0.2, 0) is 9.53 Å². The van der Waals surface area contributed by atoms with Gasteiger partial charge in [-0.2, -0.15) is 0 Å². The van der Waals surface area contributed by atoms with Crippen molar-refractivity contribution in [1.29, 1.82) is 0 Å². The second-order valence-electron chi connectivity index (χ2n) is 10.3. The van der Waals surface area contributed by atoms with Gasteiger partial charge in [-0.3, -0.25) is 4.79 Å². The molecule has 5 nitrogen and oxygen atoms in total. The van der Waals surface area contributed by atoms with Crippen molar-refractivity contribution in [2.45, 2.75) is 78.2 Å². The first-order valence-corrected chi connectivity index (χ1v) is 11.5. The molecule has 7 atom stereocenters. The smallest absolute Gasteiger partial charge is 0.406 e. The number of nitrogens with one attached hydrogen (secondary N) is 1. The van der Waals surface area contributed by atoms with Gasteiger partial charge in [-0.1, -0.05) is 13.8 Å². The Kier molecular flexibility index (Phi) is 5.16. The van der Waals surface area contributed by atoms with E-state index in [-0.39, 0.29) is 11.5 Å². The average molecular weight is 391 g/mol. The Morgan fingerprint density at radius 1 is 1.11 bits per heavy atom. The minimum absolute atomic E-state index is 0.283. The van der Waals surface area contributed by atoms with Crippen LogP contribution < -0.4 is 5.32 Å². The molecule has 5 heteroatoms. The van der Waals surface area contributed by atoms with Crippen molar-refractivity contribution in [3.05, 3.63) is 0 Å². The molecule has 1 N–H and O–H groups in total. The molecule has 4 aliphatic rings. The third-order valence-electron chi connectivity index (χ3n) is 9.55. The molecule has 0 aromatic heterocycles. The molecule has 28 heavy (non-hydrogen) atoms. The van der Waals surface area contributed by atoms with E-state index in [9.17, 15) is 9.59 Å². The van der Waals surface area contributed by atoms with Gasteiger partial charge < -0.3 is 15.0 Å². The quantitative estimate of drug-likeness (QED) is 0.785. The Labute approximate surface area is 169 Å². The Balaban J connectivity index is 1.53. The highest BCUT2D eigenvalue weighted by atomic mass is 16.5. The number of alkyl carbamates (subject to hydrolysis) is 1. The van der Waals surface area contributed by atoms with Gasteiger partial charge in [0.2, 0.25) is 5.91 Å². The van der Waals surface area contributed by atoms with E-state index in [1.807, 2.05) is 0 Å². The molecule has 0 aromatic carbocycles. The predicted molar refractivity (Wildman–Crippen MR) is 109 cm³/mol. The molecule has 1 heterocycles. The molecular weight excluding hydrogens is 352 g/mol. The van der Waals surface area contributed by atoms with Gasteiger partial charge in [0.1, 0.15) is 0 Å². The lowest BCUT2D eigenvalue weighted by Gasteiger charge is -2.62. The van der Waals surface area contributed by atoms with Crippen LogP contribution in [0, 0.1) is 34.5 Å². The molecule has 0 aromatic rings. The summed E-state index contributed by atoms with van der Waals surface area (Å²) in [6.07, 6.45) is 8.89. The number of rotatable bonds is 3. The van der Waals surface area contributed by atoms with Crippen LogP contribution in [0.3, 0.4) is 0 Å². The fourth-order valence-electron chi connectivity index (χ4n) is 8.02. The zero-order chi connectivity index (χ0) is 20.1. The first-order chi connectivity index (χ1) is 13.3. The number of carbonyl (C=O) groups is 2. The van der Waals surface area contributed by atoms with Crippen LogP contribution in [-0.4, -0.2) is 43.1 Å². The molecule has 4 rings (SSSR count). The maximum atomic E-state index is 12.5. The number of amides is 2. The summed E-state index contributed by atoms with van der Waals surface area (Å²) in [5.41, 5.74) is 0.582. The summed E-state index contributed by atoms with van der Waals surface area (Å²) in [5.74, 6) is 3.12. The third-order valence-corrected chi connectivity index (χ3v) is 9.55. The number of fused-ring (bicyclic) bond motifs is 5. The van der Waals surface area contributed by atoms with Gasteiger partial charge in [0.05, 0.1) is 6.61 Å². The first-order valence-electron chi connectivity index (χ1n) is 11.5. The number of nitrogens with zero attached hydrogens (tertiary/aromatic N) is 1. The van der Waals surface area contributed by atoms with Gasteiger partial charge in [-0.25, -0.2) is 4.79 Å². The first kappa shape index (κ1) is 20.0. The van der Waals surface area contributed by atoms with E-state index in [4.69, 9.17) is 4.74 Å². The number of hydrogen-bond donors (Lipinski definition) is 1.